The number of Topliss-reactive ketones (excluding diaryl/α,β-unsaturated/α-hetero) is 1. The molecule has 3 rings (SSSR count). The second-order valence-corrected chi connectivity index (χ2v) is 8.64. The third-order valence-electron chi connectivity index (χ3n) is 4.16. The van der Waals surface area contributed by atoms with E-state index in [0.29, 0.717) is 15.9 Å². The summed E-state index contributed by atoms with van der Waals surface area (Å²) in [5.74, 6) is 0.615. The van der Waals surface area contributed by atoms with Gasteiger partial charge < -0.3 is 15.4 Å². The largest absolute Gasteiger partial charge is 0.497 e. The van der Waals surface area contributed by atoms with E-state index < -0.39 is 6.04 Å². The second-order valence-electron chi connectivity index (χ2n) is 6.44. The molecule has 0 aliphatic carbocycles. The van der Waals surface area contributed by atoms with Crippen LogP contribution in [-0.2, 0) is 16.0 Å². The number of methoxy groups -OCH3 is 1. The van der Waals surface area contributed by atoms with Crippen molar-refractivity contribution in [1.29, 1.82) is 0 Å². The van der Waals surface area contributed by atoms with Crippen LogP contribution < -0.4 is 15.4 Å². The standard InChI is InChI=1S/C21H22N4O3S2/c1-14(26)18(11-15-7-4-3-5-8-15)23-19(27)13-29-21-25-24-20(30-21)22-16-9-6-10-17(12-16)28-2/h3-10,12,18H,11,13H2,1-2H3,(H,22,24)(H,23,27). The van der Waals surface area contributed by atoms with Gasteiger partial charge in [-0.05, 0) is 31.0 Å². The van der Waals surface area contributed by atoms with Gasteiger partial charge in [-0.3, -0.25) is 9.59 Å². The van der Waals surface area contributed by atoms with Crippen LogP contribution in [0.5, 0.6) is 5.75 Å². The van der Waals surface area contributed by atoms with Gasteiger partial charge in [0.05, 0.1) is 18.9 Å². The molecule has 2 aromatic carbocycles. The van der Waals surface area contributed by atoms with Gasteiger partial charge >= 0.3 is 0 Å². The number of hydrogen-bond acceptors (Lipinski definition) is 8. The first-order valence-electron chi connectivity index (χ1n) is 9.24. The maximum Gasteiger partial charge on any atom is 0.231 e. The number of carbonyl (C=O) groups excluding carboxylic acids is 2. The number of thioether (sulfide) groups is 1. The number of anilines is 2. The highest BCUT2D eigenvalue weighted by Crippen LogP contribution is 2.28. The Labute approximate surface area is 183 Å². The number of hydrogen-bond donors (Lipinski definition) is 2. The van der Waals surface area contributed by atoms with Crippen molar-refractivity contribution in [2.75, 3.05) is 18.2 Å². The van der Waals surface area contributed by atoms with Crippen molar-refractivity contribution >= 4 is 45.6 Å². The minimum Gasteiger partial charge on any atom is -0.497 e. The van der Waals surface area contributed by atoms with Gasteiger partial charge in [-0.15, -0.1) is 10.2 Å². The molecule has 1 amide bonds. The van der Waals surface area contributed by atoms with Crippen LogP contribution in [-0.4, -0.2) is 40.8 Å². The van der Waals surface area contributed by atoms with Gasteiger partial charge in [0.15, 0.2) is 10.1 Å². The van der Waals surface area contributed by atoms with Crippen LogP contribution in [0.15, 0.2) is 58.9 Å². The van der Waals surface area contributed by atoms with Crippen molar-refractivity contribution in [2.24, 2.45) is 0 Å². The molecular weight excluding hydrogens is 420 g/mol. The molecule has 0 radical (unpaired) electrons. The lowest BCUT2D eigenvalue weighted by atomic mass is 10.0. The van der Waals surface area contributed by atoms with E-state index in [2.05, 4.69) is 20.8 Å². The third-order valence-corrected chi connectivity index (χ3v) is 6.13. The highest BCUT2D eigenvalue weighted by molar-refractivity contribution is 8.01. The van der Waals surface area contributed by atoms with Crippen molar-refractivity contribution in [1.82, 2.24) is 15.5 Å². The molecule has 156 valence electrons. The molecule has 1 aromatic heterocycles. The molecule has 1 heterocycles. The first kappa shape index (κ1) is 21.8. The zero-order chi connectivity index (χ0) is 21.3. The molecule has 0 fully saturated rings. The van der Waals surface area contributed by atoms with E-state index >= 15 is 0 Å². The Morgan fingerprint density at radius 1 is 1.13 bits per heavy atom. The van der Waals surface area contributed by atoms with Gasteiger partial charge in [0.2, 0.25) is 11.0 Å². The fraction of sp³-hybridized carbons (Fsp3) is 0.238. The molecule has 3 aromatic rings. The summed E-state index contributed by atoms with van der Waals surface area (Å²) in [6.07, 6.45) is 0.472. The van der Waals surface area contributed by atoms with E-state index in [1.807, 2.05) is 54.6 Å². The van der Waals surface area contributed by atoms with Gasteiger partial charge in [0.1, 0.15) is 5.75 Å². The van der Waals surface area contributed by atoms with E-state index in [9.17, 15) is 9.59 Å². The lowest BCUT2D eigenvalue weighted by Gasteiger charge is -2.15. The number of amides is 1. The molecular formula is C21H22N4O3S2. The number of benzene rings is 2. The fourth-order valence-electron chi connectivity index (χ4n) is 2.65. The molecule has 1 unspecified atom stereocenters. The molecule has 0 spiro atoms. The van der Waals surface area contributed by atoms with E-state index in [4.69, 9.17) is 4.74 Å². The summed E-state index contributed by atoms with van der Waals surface area (Å²) >= 11 is 2.64. The number of nitrogens with one attached hydrogen (secondary N) is 2. The van der Waals surface area contributed by atoms with Crippen LogP contribution >= 0.6 is 23.1 Å². The normalized spacial score (nSPS) is 11.5. The summed E-state index contributed by atoms with van der Waals surface area (Å²) in [4.78, 5) is 24.3. The zero-order valence-corrected chi connectivity index (χ0v) is 18.3. The minimum atomic E-state index is -0.541. The molecule has 9 heteroatoms. The topological polar surface area (TPSA) is 93.2 Å². The summed E-state index contributed by atoms with van der Waals surface area (Å²) in [5, 5.41) is 14.8. The number of ether oxygens (including phenoxy) is 1. The molecule has 0 saturated heterocycles. The Morgan fingerprint density at radius 3 is 2.67 bits per heavy atom. The summed E-state index contributed by atoms with van der Waals surface area (Å²) in [6.45, 7) is 1.49. The van der Waals surface area contributed by atoms with Crippen molar-refractivity contribution in [3.05, 3.63) is 60.2 Å². The lowest BCUT2D eigenvalue weighted by molar-refractivity contribution is -0.125. The molecule has 2 N–H and O–H groups in total. The molecule has 0 saturated carbocycles. The number of nitrogens with zero attached hydrogens (tertiary/aromatic N) is 2. The van der Waals surface area contributed by atoms with Crippen molar-refractivity contribution in [2.45, 2.75) is 23.7 Å². The van der Waals surface area contributed by atoms with Crippen LogP contribution in [0.2, 0.25) is 0 Å². The van der Waals surface area contributed by atoms with E-state index in [1.165, 1.54) is 30.0 Å². The molecule has 7 nitrogen and oxygen atoms in total. The van der Waals surface area contributed by atoms with Gasteiger partial charge in [-0.25, -0.2) is 0 Å². The van der Waals surface area contributed by atoms with Crippen LogP contribution in [0.25, 0.3) is 0 Å². The predicted octanol–water partition coefficient (Wildman–Crippen LogP) is 3.70. The van der Waals surface area contributed by atoms with E-state index in [0.717, 1.165) is 17.0 Å². The first-order chi connectivity index (χ1) is 14.5. The Balaban J connectivity index is 1.51. The molecule has 0 aliphatic heterocycles. The average molecular weight is 443 g/mol. The summed E-state index contributed by atoms with van der Waals surface area (Å²) in [7, 11) is 1.61. The smallest absolute Gasteiger partial charge is 0.231 e. The maximum absolute atomic E-state index is 12.3. The minimum absolute atomic E-state index is 0.0714. The van der Waals surface area contributed by atoms with Crippen LogP contribution in [0.4, 0.5) is 10.8 Å². The Bertz CT molecular complexity index is 995. The van der Waals surface area contributed by atoms with E-state index in [1.54, 1.807) is 7.11 Å². The van der Waals surface area contributed by atoms with Gasteiger partial charge in [0.25, 0.3) is 0 Å². The van der Waals surface area contributed by atoms with Crippen molar-refractivity contribution < 1.29 is 14.3 Å². The second kappa shape index (κ2) is 10.7. The highest BCUT2D eigenvalue weighted by Gasteiger charge is 2.18. The maximum atomic E-state index is 12.3. The SMILES string of the molecule is COc1cccc(Nc2nnc(SCC(=O)NC(Cc3ccccc3)C(C)=O)s2)c1. The Morgan fingerprint density at radius 2 is 1.93 bits per heavy atom. The van der Waals surface area contributed by atoms with Crippen LogP contribution in [0.1, 0.15) is 12.5 Å². The highest BCUT2D eigenvalue weighted by atomic mass is 32.2. The van der Waals surface area contributed by atoms with Crippen molar-refractivity contribution in [3.63, 3.8) is 0 Å². The number of ketones is 1. The molecule has 1 atom stereocenters. The quantitative estimate of drug-likeness (QED) is 0.463. The molecule has 0 aliphatic rings. The third kappa shape index (κ3) is 6.57. The van der Waals surface area contributed by atoms with Crippen LogP contribution in [0, 0.1) is 0 Å². The van der Waals surface area contributed by atoms with E-state index in [-0.39, 0.29) is 17.4 Å². The Hall–Kier alpha value is -2.91. The zero-order valence-electron chi connectivity index (χ0n) is 16.6. The average Bonchev–Trinajstić information content (AvgIpc) is 3.20. The predicted molar refractivity (Wildman–Crippen MR) is 120 cm³/mol. The van der Waals surface area contributed by atoms with Crippen LogP contribution in [0.3, 0.4) is 0 Å². The summed E-state index contributed by atoms with van der Waals surface area (Å²) in [6, 6.07) is 16.6. The Kier molecular flexibility index (Phi) is 7.81. The molecule has 30 heavy (non-hydrogen) atoms. The number of rotatable bonds is 10. The number of aromatic nitrogens is 2. The fourth-order valence-corrected chi connectivity index (χ4v) is 4.24. The van der Waals surface area contributed by atoms with Gasteiger partial charge in [-0.2, -0.15) is 0 Å². The van der Waals surface area contributed by atoms with Gasteiger partial charge in [-0.1, -0.05) is 59.5 Å². The summed E-state index contributed by atoms with van der Waals surface area (Å²) < 4.78 is 5.87. The first-order valence-corrected chi connectivity index (χ1v) is 11.0. The number of carbonyl (C=O) groups is 2. The van der Waals surface area contributed by atoms with Crippen molar-refractivity contribution in [3.8, 4) is 5.75 Å². The van der Waals surface area contributed by atoms with Gasteiger partial charge in [0, 0.05) is 11.8 Å². The monoisotopic (exact) mass is 442 g/mol. The lowest BCUT2D eigenvalue weighted by Crippen LogP contribution is -2.42. The molecule has 0 bridgehead atoms. The summed E-state index contributed by atoms with van der Waals surface area (Å²) in [5.41, 5.74) is 1.84.